The molecule has 0 fully saturated rings. The third-order valence-electron chi connectivity index (χ3n) is 5.59. The number of aromatic nitrogens is 3. The predicted molar refractivity (Wildman–Crippen MR) is 159 cm³/mol. The molecular weight excluding hydrogens is 616 g/mol. The van der Waals surface area contributed by atoms with Crippen LogP contribution in [0.4, 0.5) is 0 Å². The molecule has 0 unspecified atom stereocenters. The highest BCUT2D eigenvalue weighted by molar-refractivity contribution is 7.99. The van der Waals surface area contributed by atoms with Crippen LogP contribution >= 0.6 is 58.2 Å². The number of benzene rings is 3. The zero-order valence-corrected chi connectivity index (χ0v) is 24.3. The lowest BCUT2D eigenvalue weighted by molar-refractivity contribution is -0.118. The van der Waals surface area contributed by atoms with E-state index in [1.807, 2.05) is 42.6 Å². The highest BCUT2D eigenvalue weighted by Crippen LogP contribution is 2.29. The summed E-state index contributed by atoms with van der Waals surface area (Å²) in [4.78, 5) is 12.3. The zero-order valence-electron chi connectivity index (χ0n) is 20.5. The van der Waals surface area contributed by atoms with Crippen LogP contribution in [-0.2, 0) is 17.9 Å². The summed E-state index contributed by atoms with van der Waals surface area (Å²) >= 11 is 25.5. The van der Waals surface area contributed by atoms with Gasteiger partial charge in [-0.15, -0.1) is 10.2 Å². The molecule has 0 radical (unpaired) electrons. The molecule has 1 amide bonds. The second-order valence-electron chi connectivity index (χ2n) is 8.37. The molecule has 5 rings (SSSR count). The summed E-state index contributed by atoms with van der Waals surface area (Å²) in [7, 11) is 0. The highest BCUT2D eigenvalue weighted by Gasteiger charge is 2.12. The van der Waals surface area contributed by atoms with Crippen LogP contribution in [-0.4, -0.2) is 32.6 Å². The van der Waals surface area contributed by atoms with Crippen LogP contribution in [0.3, 0.4) is 0 Å². The summed E-state index contributed by atoms with van der Waals surface area (Å²) in [6.45, 7) is 0.570. The summed E-state index contributed by atoms with van der Waals surface area (Å²) in [6, 6.07) is 18.2. The average Bonchev–Trinajstić information content (AvgIpc) is 3.53. The molecule has 0 bridgehead atoms. The van der Waals surface area contributed by atoms with Crippen molar-refractivity contribution in [3.05, 3.63) is 104 Å². The van der Waals surface area contributed by atoms with Gasteiger partial charge in [0.1, 0.15) is 5.75 Å². The standard InChI is InChI=1S/C27H19Cl4N5O3S/c28-18-6-5-16(21(30)9-18)12-36-13-17(20-3-1-2-4-23(20)36)11-32-33-25(37)15-40-27-35-34-26(39-27)14-38-24-8-7-19(29)10-22(24)31/h1-11,13H,12,14-15H2,(H,33,37)/b32-11-. The topological polar surface area (TPSA) is 94.5 Å². The largest absolute Gasteiger partial charge is 0.482 e. The molecule has 8 nitrogen and oxygen atoms in total. The maximum absolute atomic E-state index is 12.3. The minimum Gasteiger partial charge on any atom is -0.482 e. The molecule has 2 heterocycles. The highest BCUT2D eigenvalue weighted by atomic mass is 35.5. The average molecular weight is 635 g/mol. The molecule has 0 saturated carbocycles. The predicted octanol–water partition coefficient (Wildman–Crippen LogP) is 7.51. The molecule has 0 saturated heterocycles. The van der Waals surface area contributed by atoms with Crippen molar-refractivity contribution in [3.8, 4) is 5.75 Å². The van der Waals surface area contributed by atoms with E-state index in [1.54, 1.807) is 30.5 Å². The third kappa shape index (κ3) is 7.10. The number of ether oxygens (including phenoxy) is 1. The first kappa shape index (κ1) is 28.3. The number of thioether (sulfide) groups is 1. The first-order valence-electron chi connectivity index (χ1n) is 11.7. The monoisotopic (exact) mass is 633 g/mol. The lowest BCUT2D eigenvalue weighted by Crippen LogP contribution is -2.19. The Morgan fingerprint density at radius 2 is 1.80 bits per heavy atom. The molecule has 0 aliphatic rings. The van der Waals surface area contributed by atoms with Gasteiger partial charge in [0, 0.05) is 44.3 Å². The van der Waals surface area contributed by atoms with E-state index in [0.29, 0.717) is 32.4 Å². The van der Waals surface area contributed by atoms with Crippen molar-refractivity contribution in [2.75, 3.05) is 5.75 Å². The van der Waals surface area contributed by atoms with Crippen LogP contribution in [0.2, 0.25) is 20.1 Å². The van der Waals surface area contributed by atoms with Crippen molar-refractivity contribution in [1.82, 2.24) is 20.2 Å². The van der Waals surface area contributed by atoms with Crippen LogP contribution < -0.4 is 10.2 Å². The van der Waals surface area contributed by atoms with Gasteiger partial charge >= 0.3 is 0 Å². The molecular formula is C27H19Cl4N5O3S. The first-order chi connectivity index (χ1) is 19.4. The molecule has 204 valence electrons. The second-order valence-corrected chi connectivity index (χ2v) is 11.0. The van der Waals surface area contributed by atoms with Crippen molar-refractivity contribution < 1.29 is 13.9 Å². The van der Waals surface area contributed by atoms with E-state index in [1.165, 1.54) is 0 Å². The minimum atomic E-state index is -0.332. The number of amides is 1. The number of para-hydroxylation sites is 1. The number of hydrogen-bond donors (Lipinski definition) is 1. The second kappa shape index (κ2) is 13.0. The Kier molecular flexibility index (Phi) is 9.18. The Hall–Kier alpha value is -3.21. The molecule has 5 aromatic rings. The van der Waals surface area contributed by atoms with Gasteiger partial charge in [0.25, 0.3) is 17.0 Å². The Labute approximate surface area is 253 Å². The van der Waals surface area contributed by atoms with E-state index in [9.17, 15) is 4.79 Å². The van der Waals surface area contributed by atoms with Gasteiger partial charge in [-0.2, -0.15) is 5.10 Å². The number of halogens is 4. The van der Waals surface area contributed by atoms with Crippen molar-refractivity contribution in [2.45, 2.75) is 18.4 Å². The molecule has 40 heavy (non-hydrogen) atoms. The third-order valence-corrected chi connectivity index (χ3v) is 7.52. The summed E-state index contributed by atoms with van der Waals surface area (Å²) in [5.41, 5.74) is 5.31. The van der Waals surface area contributed by atoms with Crippen LogP contribution in [0, 0.1) is 0 Å². The smallest absolute Gasteiger partial charge is 0.277 e. The maximum Gasteiger partial charge on any atom is 0.277 e. The van der Waals surface area contributed by atoms with E-state index in [4.69, 9.17) is 55.6 Å². The number of fused-ring (bicyclic) bond motifs is 1. The van der Waals surface area contributed by atoms with Gasteiger partial charge in [0.2, 0.25) is 0 Å². The lowest BCUT2D eigenvalue weighted by atomic mass is 10.2. The summed E-state index contributed by atoms with van der Waals surface area (Å²) in [5.74, 6) is 0.373. The number of carbonyl (C=O) groups excluding carboxylic acids is 1. The molecule has 13 heteroatoms. The maximum atomic E-state index is 12.3. The number of rotatable bonds is 10. The van der Waals surface area contributed by atoms with Gasteiger partial charge in [-0.3, -0.25) is 4.79 Å². The summed E-state index contributed by atoms with van der Waals surface area (Å²) < 4.78 is 13.2. The van der Waals surface area contributed by atoms with Crippen LogP contribution in [0.5, 0.6) is 5.75 Å². The molecule has 0 spiro atoms. The van der Waals surface area contributed by atoms with Crippen LogP contribution in [0.15, 0.2) is 81.6 Å². The van der Waals surface area contributed by atoms with E-state index in [-0.39, 0.29) is 29.4 Å². The SMILES string of the molecule is O=C(CSc1nnc(COc2ccc(Cl)cc2Cl)o1)N/N=C\c1cn(Cc2ccc(Cl)cc2Cl)c2ccccc12. The number of hydrazone groups is 1. The van der Waals surface area contributed by atoms with Crippen molar-refractivity contribution in [3.63, 3.8) is 0 Å². The quantitative estimate of drug-likeness (QED) is 0.0971. The molecule has 0 atom stereocenters. The lowest BCUT2D eigenvalue weighted by Gasteiger charge is -2.08. The van der Waals surface area contributed by atoms with Gasteiger partial charge in [-0.25, -0.2) is 5.43 Å². The normalized spacial score (nSPS) is 11.4. The fourth-order valence-corrected chi connectivity index (χ4v) is 5.27. The van der Waals surface area contributed by atoms with Crippen molar-refractivity contribution in [1.29, 1.82) is 0 Å². The number of hydrogen-bond acceptors (Lipinski definition) is 7. The van der Waals surface area contributed by atoms with Crippen LogP contribution in [0.1, 0.15) is 17.0 Å². The zero-order chi connectivity index (χ0) is 28.1. The van der Waals surface area contributed by atoms with Crippen molar-refractivity contribution in [2.24, 2.45) is 5.10 Å². The Morgan fingerprint density at radius 3 is 2.60 bits per heavy atom. The molecule has 3 aromatic carbocycles. The summed E-state index contributed by atoms with van der Waals surface area (Å²) in [5, 5.41) is 15.2. The van der Waals surface area contributed by atoms with Gasteiger partial charge in [-0.05, 0) is 42.0 Å². The molecule has 0 aliphatic heterocycles. The van der Waals surface area contributed by atoms with E-state index >= 15 is 0 Å². The van der Waals surface area contributed by atoms with Gasteiger partial charge < -0.3 is 13.7 Å². The molecule has 2 aromatic heterocycles. The Bertz CT molecular complexity index is 1710. The van der Waals surface area contributed by atoms with Gasteiger partial charge in [0.05, 0.1) is 17.0 Å². The van der Waals surface area contributed by atoms with E-state index < -0.39 is 0 Å². The molecule has 1 N–H and O–H groups in total. The fraction of sp³-hybridized carbons (Fsp3) is 0.111. The minimum absolute atomic E-state index is 0.0171. The van der Waals surface area contributed by atoms with E-state index in [2.05, 4.69) is 25.3 Å². The van der Waals surface area contributed by atoms with E-state index in [0.717, 1.165) is 33.8 Å². The van der Waals surface area contributed by atoms with Crippen LogP contribution in [0.25, 0.3) is 10.9 Å². The number of nitrogens with one attached hydrogen (secondary N) is 1. The number of carbonyl (C=O) groups is 1. The van der Waals surface area contributed by atoms with Gasteiger partial charge in [-0.1, -0.05) is 82.4 Å². The Balaban J connectivity index is 1.15. The van der Waals surface area contributed by atoms with Crippen molar-refractivity contribution >= 4 is 81.2 Å². The molecule has 0 aliphatic carbocycles. The summed E-state index contributed by atoms with van der Waals surface area (Å²) in [6.07, 6.45) is 3.56. The van der Waals surface area contributed by atoms with Gasteiger partial charge in [0.15, 0.2) is 6.61 Å². The Morgan fingerprint density at radius 1 is 1.02 bits per heavy atom. The number of nitrogens with zero attached hydrogens (tertiary/aromatic N) is 4. The first-order valence-corrected chi connectivity index (χ1v) is 14.2. The fourth-order valence-electron chi connectivity index (χ4n) is 3.76.